The second kappa shape index (κ2) is 8.63. The van der Waals surface area contributed by atoms with Crippen LogP contribution in [0, 0.1) is 11.3 Å². The fraction of sp³-hybridized carbons (Fsp3) is 0.682. The number of piperidine rings is 1. The Kier molecular flexibility index (Phi) is 6.70. The number of hydrogen-bond acceptors (Lipinski definition) is 4. The summed E-state index contributed by atoms with van der Waals surface area (Å²) in [5.74, 6) is -3.75. The topological polar surface area (TPSA) is 64.6 Å². The van der Waals surface area contributed by atoms with Gasteiger partial charge in [-0.05, 0) is 51.0 Å². The largest absolute Gasteiger partial charge is 0.598 e. The Bertz CT molecular complexity index is 734. The van der Waals surface area contributed by atoms with Crippen LogP contribution in [0.15, 0.2) is 30.3 Å². The van der Waals surface area contributed by atoms with Gasteiger partial charge in [-0.1, -0.05) is 37.3 Å². The summed E-state index contributed by atoms with van der Waals surface area (Å²) >= 11 is -1.59. The van der Waals surface area contributed by atoms with Crippen LogP contribution in [0.5, 0.6) is 0 Å². The number of benzene rings is 1. The number of carbonyl (C=O) groups is 1. The first-order chi connectivity index (χ1) is 14.0. The van der Waals surface area contributed by atoms with Gasteiger partial charge >= 0.3 is 6.09 Å². The van der Waals surface area contributed by atoms with Gasteiger partial charge in [0.05, 0.1) is 0 Å². The van der Waals surface area contributed by atoms with Crippen molar-refractivity contribution in [3.63, 3.8) is 0 Å². The zero-order valence-electron chi connectivity index (χ0n) is 18.1. The highest BCUT2D eigenvalue weighted by molar-refractivity contribution is 7.90. The van der Waals surface area contributed by atoms with E-state index in [2.05, 4.69) is 4.72 Å². The lowest BCUT2D eigenvalue weighted by molar-refractivity contribution is -0.0643. The molecule has 3 atom stereocenters. The zero-order chi connectivity index (χ0) is 22.2. The van der Waals surface area contributed by atoms with Crippen LogP contribution in [-0.2, 0) is 22.7 Å². The van der Waals surface area contributed by atoms with Gasteiger partial charge in [-0.2, -0.15) is 0 Å². The third kappa shape index (κ3) is 4.75. The number of nitrogens with one attached hydrogen (secondary N) is 1. The van der Waals surface area contributed by atoms with Gasteiger partial charge in [0.2, 0.25) is 0 Å². The zero-order valence-corrected chi connectivity index (χ0v) is 18.9. The maximum absolute atomic E-state index is 15.0. The van der Waals surface area contributed by atoms with Gasteiger partial charge in [0, 0.05) is 30.4 Å². The van der Waals surface area contributed by atoms with Gasteiger partial charge in [-0.15, -0.1) is 4.72 Å². The first-order valence-electron chi connectivity index (χ1n) is 10.5. The molecule has 0 bridgehead atoms. The van der Waals surface area contributed by atoms with E-state index >= 15 is 8.78 Å². The highest BCUT2D eigenvalue weighted by atomic mass is 32.2. The Balaban J connectivity index is 1.64. The maximum Gasteiger partial charge on any atom is 0.410 e. The van der Waals surface area contributed by atoms with Crippen LogP contribution in [0.25, 0.3) is 0 Å². The van der Waals surface area contributed by atoms with Crippen molar-refractivity contribution >= 4 is 17.5 Å². The number of ether oxygens (including phenoxy) is 1. The second-order valence-corrected chi connectivity index (χ2v) is 11.6. The van der Waals surface area contributed by atoms with E-state index < -0.39 is 45.5 Å². The number of halogens is 2. The van der Waals surface area contributed by atoms with Crippen LogP contribution in [0.2, 0.25) is 0 Å². The van der Waals surface area contributed by atoms with Crippen LogP contribution < -0.4 is 4.72 Å². The highest BCUT2D eigenvalue weighted by Gasteiger charge is 2.65. The predicted octanol–water partition coefficient (Wildman–Crippen LogP) is 4.50. The van der Waals surface area contributed by atoms with E-state index in [0.29, 0.717) is 32.4 Å². The summed E-state index contributed by atoms with van der Waals surface area (Å²) in [7, 11) is 0. The smallest absolute Gasteiger partial charge is 0.410 e. The molecule has 3 rings (SSSR count). The van der Waals surface area contributed by atoms with E-state index in [-0.39, 0.29) is 6.61 Å². The lowest BCUT2D eigenvalue weighted by Gasteiger charge is -2.43. The first-order valence-corrected chi connectivity index (χ1v) is 11.6. The molecular formula is C22H32F2N2O3S. The van der Waals surface area contributed by atoms with Crippen molar-refractivity contribution in [2.75, 3.05) is 13.1 Å². The van der Waals surface area contributed by atoms with Crippen LogP contribution in [0.4, 0.5) is 13.6 Å². The molecule has 8 heteroatoms. The quantitative estimate of drug-likeness (QED) is 0.698. The lowest BCUT2D eigenvalue weighted by atomic mass is 9.74. The van der Waals surface area contributed by atoms with E-state index in [1.165, 1.54) is 0 Å². The van der Waals surface area contributed by atoms with E-state index in [1.807, 2.05) is 30.3 Å². The van der Waals surface area contributed by atoms with Crippen molar-refractivity contribution < 1.29 is 22.9 Å². The summed E-state index contributed by atoms with van der Waals surface area (Å²) in [4.78, 5) is 14.0. The molecule has 0 aromatic heterocycles. The second-order valence-electron chi connectivity index (χ2n) is 9.60. The monoisotopic (exact) mass is 442 g/mol. The maximum atomic E-state index is 15.0. The number of nitrogens with zero attached hydrogens (tertiary/aromatic N) is 1. The van der Waals surface area contributed by atoms with Crippen LogP contribution in [-0.4, -0.2) is 45.3 Å². The SMILES string of the molecule is C[C@@H]1CC2(CCN(C(=O)OCc3ccccc3)CC2)[C@H](N[S+]([O-])C(C)(C)C)C1(F)F. The summed E-state index contributed by atoms with van der Waals surface area (Å²) in [6.07, 6.45) is 0.805. The summed E-state index contributed by atoms with van der Waals surface area (Å²) in [5, 5.41) is 0. The molecule has 1 N–H and O–H groups in total. The minimum absolute atomic E-state index is 0.186. The molecular weight excluding hydrogens is 410 g/mol. The van der Waals surface area contributed by atoms with E-state index in [0.717, 1.165) is 5.56 Å². The Morgan fingerprint density at radius 3 is 2.43 bits per heavy atom. The Morgan fingerprint density at radius 1 is 1.27 bits per heavy atom. The lowest BCUT2D eigenvalue weighted by Crippen LogP contribution is -2.59. The summed E-state index contributed by atoms with van der Waals surface area (Å²) in [5.41, 5.74) is 0.220. The number of likely N-dealkylation sites (tertiary alicyclic amines) is 1. The van der Waals surface area contributed by atoms with Gasteiger partial charge in [-0.3, -0.25) is 0 Å². The van der Waals surface area contributed by atoms with Crippen LogP contribution >= 0.6 is 0 Å². The molecule has 1 aliphatic carbocycles. The van der Waals surface area contributed by atoms with Gasteiger partial charge < -0.3 is 14.2 Å². The molecule has 1 aromatic carbocycles. The molecule has 1 heterocycles. The number of carbonyl (C=O) groups excluding carboxylic acids is 1. The molecule has 1 unspecified atom stereocenters. The molecule has 1 saturated carbocycles. The minimum Gasteiger partial charge on any atom is -0.598 e. The highest BCUT2D eigenvalue weighted by Crippen LogP contribution is 2.56. The van der Waals surface area contributed by atoms with Crippen molar-refractivity contribution in [1.29, 1.82) is 0 Å². The Labute approximate surface area is 180 Å². The van der Waals surface area contributed by atoms with Crippen molar-refractivity contribution in [3.05, 3.63) is 35.9 Å². The molecule has 2 fully saturated rings. The Hall–Kier alpha value is -1.38. The molecule has 30 heavy (non-hydrogen) atoms. The molecule has 0 radical (unpaired) electrons. The molecule has 1 spiro atoms. The molecule has 1 aromatic rings. The number of amides is 1. The summed E-state index contributed by atoms with van der Waals surface area (Å²) < 4.78 is 50.2. The van der Waals surface area contributed by atoms with Crippen molar-refractivity contribution in [2.24, 2.45) is 11.3 Å². The summed E-state index contributed by atoms with van der Waals surface area (Å²) in [6, 6.07) is 8.25. The standard InChI is InChI=1S/C22H32F2N2O3S/c1-16-14-21(18(22(16,23)24)25-30(28)20(2,3)4)10-12-26(13-11-21)19(27)29-15-17-8-6-5-7-9-17/h5-9,16,18,25H,10-15H2,1-4H3/t16-,18+,30?/m1/s1. The third-order valence-corrected chi connectivity index (χ3v) is 7.93. The molecule has 5 nitrogen and oxygen atoms in total. The number of hydrogen-bond donors (Lipinski definition) is 1. The Morgan fingerprint density at radius 2 is 1.87 bits per heavy atom. The average molecular weight is 443 g/mol. The molecule has 168 valence electrons. The van der Waals surface area contributed by atoms with Crippen molar-refractivity contribution in [1.82, 2.24) is 9.62 Å². The van der Waals surface area contributed by atoms with Gasteiger partial charge in [0.15, 0.2) is 0 Å². The van der Waals surface area contributed by atoms with Gasteiger partial charge in [0.1, 0.15) is 17.4 Å². The van der Waals surface area contributed by atoms with Gasteiger partial charge in [0.25, 0.3) is 5.92 Å². The van der Waals surface area contributed by atoms with E-state index in [4.69, 9.17) is 4.74 Å². The van der Waals surface area contributed by atoms with E-state index in [1.54, 1.807) is 32.6 Å². The first kappa shape index (κ1) is 23.3. The molecule has 2 aliphatic rings. The average Bonchev–Trinajstić information content (AvgIpc) is 2.87. The normalized spacial score (nSPS) is 26.6. The van der Waals surface area contributed by atoms with Crippen molar-refractivity contribution in [2.45, 2.75) is 70.3 Å². The molecule has 1 saturated heterocycles. The van der Waals surface area contributed by atoms with E-state index in [9.17, 15) is 9.35 Å². The minimum atomic E-state index is -2.95. The predicted molar refractivity (Wildman–Crippen MR) is 113 cm³/mol. The third-order valence-electron chi connectivity index (χ3n) is 6.37. The number of rotatable bonds is 4. The molecule has 1 amide bonds. The van der Waals surface area contributed by atoms with Gasteiger partial charge in [-0.25, -0.2) is 13.6 Å². The van der Waals surface area contributed by atoms with Crippen LogP contribution in [0.3, 0.4) is 0 Å². The molecule has 1 aliphatic heterocycles. The van der Waals surface area contributed by atoms with Crippen molar-refractivity contribution in [3.8, 4) is 0 Å². The number of alkyl halides is 2. The summed E-state index contributed by atoms with van der Waals surface area (Å²) in [6.45, 7) is 7.77. The fourth-order valence-electron chi connectivity index (χ4n) is 4.48. The fourth-order valence-corrected chi connectivity index (χ4v) is 5.46. The van der Waals surface area contributed by atoms with Crippen LogP contribution in [0.1, 0.15) is 52.5 Å².